The second-order valence-electron chi connectivity index (χ2n) is 5.46. The molecule has 1 fully saturated rings. The highest BCUT2D eigenvalue weighted by molar-refractivity contribution is 9.10. The summed E-state index contributed by atoms with van der Waals surface area (Å²) in [6, 6.07) is 6.01. The third-order valence-electron chi connectivity index (χ3n) is 3.72. The Labute approximate surface area is 130 Å². The standard InChI is InChI=1S/C15H24BrN3O/c1-12(17)14-11-13(16)3-4-15(14)20-10-9-19-7-5-18(2)6-8-19/h3-4,11-12H,5-10,17H2,1-2H3/t12-/m0/s1. The third-order valence-corrected chi connectivity index (χ3v) is 4.22. The SMILES string of the molecule is C[C@H](N)c1cc(Br)ccc1OCCN1CCN(C)CC1. The molecule has 2 rings (SSSR count). The topological polar surface area (TPSA) is 41.7 Å². The van der Waals surface area contributed by atoms with E-state index in [9.17, 15) is 0 Å². The Kier molecular flexibility index (Phi) is 5.84. The molecule has 1 atom stereocenters. The largest absolute Gasteiger partial charge is 0.492 e. The van der Waals surface area contributed by atoms with Gasteiger partial charge in [0.1, 0.15) is 12.4 Å². The first-order valence-electron chi connectivity index (χ1n) is 7.15. The van der Waals surface area contributed by atoms with Crippen molar-refractivity contribution in [1.29, 1.82) is 0 Å². The molecular weight excluding hydrogens is 318 g/mol. The van der Waals surface area contributed by atoms with Gasteiger partial charge in [-0.15, -0.1) is 0 Å². The van der Waals surface area contributed by atoms with Crippen molar-refractivity contribution in [3.8, 4) is 5.75 Å². The summed E-state index contributed by atoms with van der Waals surface area (Å²) in [6.45, 7) is 8.20. The first-order chi connectivity index (χ1) is 9.56. The summed E-state index contributed by atoms with van der Waals surface area (Å²) in [5.41, 5.74) is 7.05. The maximum absolute atomic E-state index is 6.00. The van der Waals surface area contributed by atoms with Gasteiger partial charge < -0.3 is 15.4 Å². The number of nitrogens with two attached hydrogens (primary N) is 1. The lowest BCUT2D eigenvalue weighted by atomic mass is 10.1. The predicted molar refractivity (Wildman–Crippen MR) is 86.2 cm³/mol. The lowest BCUT2D eigenvalue weighted by molar-refractivity contribution is 0.133. The molecule has 0 amide bonds. The van der Waals surface area contributed by atoms with E-state index in [-0.39, 0.29) is 6.04 Å². The van der Waals surface area contributed by atoms with Crippen molar-refractivity contribution in [2.75, 3.05) is 46.4 Å². The molecule has 112 valence electrons. The number of rotatable bonds is 5. The summed E-state index contributed by atoms with van der Waals surface area (Å²) in [4.78, 5) is 4.81. The van der Waals surface area contributed by atoms with Crippen molar-refractivity contribution in [3.63, 3.8) is 0 Å². The Bertz CT molecular complexity index is 431. The number of likely N-dealkylation sites (N-methyl/N-ethyl adjacent to an activating group) is 1. The number of hydrogen-bond acceptors (Lipinski definition) is 4. The van der Waals surface area contributed by atoms with E-state index < -0.39 is 0 Å². The van der Waals surface area contributed by atoms with E-state index in [0.29, 0.717) is 6.61 Å². The van der Waals surface area contributed by atoms with Gasteiger partial charge in [0.15, 0.2) is 0 Å². The average molecular weight is 342 g/mol. The molecule has 0 saturated carbocycles. The lowest BCUT2D eigenvalue weighted by Gasteiger charge is -2.32. The van der Waals surface area contributed by atoms with Crippen LogP contribution in [-0.4, -0.2) is 56.2 Å². The molecule has 1 aliphatic heterocycles. The molecule has 2 N–H and O–H groups in total. The van der Waals surface area contributed by atoms with E-state index in [0.717, 1.165) is 48.5 Å². The van der Waals surface area contributed by atoms with Crippen LogP contribution in [0.3, 0.4) is 0 Å². The average Bonchev–Trinajstić information content (AvgIpc) is 2.42. The van der Waals surface area contributed by atoms with Gasteiger partial charge in [0.2, 0.25) is 0 Å². The van der Waals surface area contributed by atoms with E-state index in [4.69, 9.17) is 10.5 Å². The summed E-state index contributed by atoms with van der Waals surface area (Å²) >= 11 is 3.48. The molecule has 1 aliphatic rings. The predicted octanol–water partition coefficient (Wildman–Crippen LogP) is 2.10. The number of piperazine rings is 1. The molecule has 1 aromatic rings. The molecule has 0 bridgehead atoms. The van der Waals surface area contributed by atoms with Crippen LogP contribution in [0.25, 0.3) is 0 Å². The fourth-order valence-electron chi connectivity index (χ4n) is 2.36. The van der Waals surface area contributed by atoms with Crippen LogP contribution in [0.1, 0.15) is 18.5 Å². The second-order valence-corrected chi connectivity index (χ2v) is 6.38. The Morgan fingerprint density at radius 3 is 2.65 bits per heavy atom. The zero-order chi connectivity index (χ0) is 14.5. The van der Waals surface area contributed by atoms with Gasteiger partial charge in [0.05, 0.1) is 0 Å². The molecule has 0 radical (unpaired) electrons. The van der Waals surface area contributed by atoms with Crippen molar-refractivity contribution in [2.24, 2.45) is 5.73 Å². The monoisotopic (exact) mass is 341 g/mol. The van der Waals surface area contributed by atoms with Gasteiger partial charge >= 0.3 is 0 Å². The molecular formula is C15H24BrN3O. The highest BCUT2D eigenvalue weighted by atomic mass is 79.9. The Morgan fingerprint density at radius 2 is 2.00 bits per heavy atom. The van der Waals surface area contributed by atoms with Crippen LogP contribution in [0.4, 0.5) is 0 Å². The fourth-order valence-corrected chi connectivity index (χ4v) is 2.74. The quantitative estimate of drug-likeness (QED) is 0.890. The number of halogens is 1. The molecule has 5 heteroatoms. The van der Waals surface area contributed by atoms with E-state index in [1.54, 1.807) is 0 Å². The summed E-state index contributed by atoms with van der Waals surface area (Å²) in [6.07, 6.45) is 0. The third kappa shape index (κ3) is 4.45. The molecule has 1 heterocycles. The minimum atomic E-state index is -0.0221. The van der Waals surface area contributed by atoms with Crippen molar-refractivity contribution in [3.05, 3.63) is 28.2 Å². The summed E-state index contributed by atoms with van der Waals surface area (Å²) in [7, 11) is 2.17. The molecule has 4 nitrogen and oxygen atoms in total. The highest BCUT2D eigenvalue weighted by Gasteiger charge is 2.14. The lowest BCUT2D eigenvalue weighted by Crippen LogP contribution is -2.45. The van der Waals surface area contributed by atoms with E-state index in [1.165, 1.54) is 0 Å². The summed E-state index contributed by atoms with van der Waals surface area (Å²) in [5.74, 6) is 0.900. The maximum atomic E-state index is 6.00. The van der Waals surface area contributed by atoms with Gasteiger partial charge in [0.25, 0.3) is 0 Å². The van der Waals surface area contributed by atoms with Gasteiger partial charge in [-0.25, -0.2) is 0 Å². The fraction of sp³-hybridized carbons (Fsp3) is 0.600. The van der Waals surface area contributed by atoms with Gasteiger partial charge in [-0.3, -0.25) is 4.90 Å². The van der Waals surface area contributed by atoms with E-state index in [2.05, 4.69) is 32.8 Å². The van der Waals surface area contributed by atoms with Gasteiger partial charge in [-0.05, 0) is 32.2 Å². The smallest absolute Gasteiger partial charge is 0.124 e. The Hall–Kier alpha value is -0.620. The van der Waals surface area contributed by atoms with E-state index >= 15 is 0 Å². The molecule has 0 spiro atoms. The first-order valence-corrected chi connectivity index (χ1v) is 7.94. The zero-order valence-corrected chi connectivity index (χ0v) is 13.9. The maximum Gasteiger partial charge on any atom is 0.124 e. The normalized spacial score (nSPS) is 19.0. The van der Waals surface area contributed by atoms with Crippen molar-refractivity contribution in [2.45, 2.75) is 13.0 Å². The number of nitrogens with zero attached hydrogens (tertiary/aromatic N) is 2. The molecule has 1 aromatic carbocycles. The van der Waals surface area contributed by atoms with Crippen molar-refractivity contribution >= 4 is 15.9 Å². The van der Waals surface area contributed by atoms with Crippen LogP contribution in [0.15, 0.2) is 22.7 Å². The summed E-state index contributed by atoms with van der Waals surface area (Å²) < 4.78 is 6.97. The second kappa shape index (κ2) is 7.41. The molecule has 20 heavy (non-hydrogen) atoms. The minimum absolute atomic E-state index is 0.0221. The van der Waals surface area contributed by atoms with Crippen molar-refractivity contribution in [1.82, 2.24) is 9.80 Å². The van der Waals surface area contributed by atoms with Crippen LogP contribution in [-0.2, 0) is 0 Å². The molecule has 0 unspecified atom stereocenters. The van der Waals surface area contributed by atoms with Crippen LogP contribution >= 0.6 is 15.9 Å². The van der Waals surface area contributed by atoms with Gasteiger partial charge in [-0.1, -0.05) is 15.9 Å². The van der Waals surface area contributed by atoms with Crippen LogP contribution in [0, 0.1) is 0 Å². The highest BCUT2D eigenvalue weighted by Crippen LogP contribution is 2.27. The van der Waals surface area contributed by atoms with Crippen LogP contribution < -0.4 is 10.5 Å². The Balaban J connectivity index is 1.85. The van der Waals surface area contributed by atoms with Crippen molar-refractivity contribution < 1.29 is 4.74 Å². The molecule has 0 aromatic heterocycles. The molecule has 0 aliphatic carbocycles. The number of ether oxygens (including phenoxy) is 1. The van der Waals surface area contributed by atoms with Gasteiger partial charge in [0, 0.05) is 48.8 Å². The Morgan fingerprint density at radius 1 is 1.30 bits per heavy atom. The summed E-state index contributed by atoms with van der Waals surface area (Å²) in [5, 5.41) is 0. The molecule has 1 saturated heterocycles. The number of hydrogen-bond donors (Lipinski definition) is 1. The number of benzene rings is 1. The minimum Gasteiger partial charge on any atom is -0.492 e. The van der Waals surface area contributed by atoms with Crippen LogP contribution in [0.2, 0.25) is 0 Å². The zero-order valence-electron chi connectivity index (χ0n) is 12.3. The van der Waals surface area contributed by atoms with E-state index in [1.807, 2.05) is 25.1 Å². The first kappa shape index (κ1) is 15.8. The van der Waals surface area contributed by atoms with Crippen LogP contribution in [0.5, 0.6) is 5.75 Å². The van der Waals surface area contributed by atoms with Gasteiger partial charge in [-0.2, -0.15) is 0 Å².